The molecule has 0 aliphatic rings. The van der Waals surface area contributed by atoms with Crippen LogP contribution in [0.25, 0.3) is 0 Å². The van der Waals surface area contributed by atoms with Crippen molar-refractivity contribution in [3.63, 3.8) is 0 Å². The lowest BCUT2D eigenvalue weighted by molar-refractivity contribution is 0.192. The third-order valence-corrected chi connectivity index (χ3v) is 6.28. The lowest BCUT2D eigenvalue weighted by atomic mass is 10.0. The maximum absolute atomic E-state index is 10.4. The van der Waals surface area contributed by atoms with Crippen molar-refractivity contribution in [2.45, 2.75) is 130 Å². The minimum atomic E-state index is -4.25. The summed E-state index contributed by atoms with van der Waals surface area (Å²) < 4.78 is 14.8. The highest BCUT2D eigenvalue weighted by Gasteiger charge is 2.12. The second-order valence-corrected chi connectivity index (χ2v) is 10.9. The second-order valence-electron chi connectivity index (χ2n) is 9.67. The van der Waals surface area contributed by atoms with Crippen molar-refractivity contribution < 1.29 is 24.0 Å². The van der Waals surface area contributed by atoms with Crippen LogP contribution in [-0.4, -0.2) is 52.6 Å². The first kappa shape index (κ1) is 35.2. The van der Waals surface area contributed by atoms with Gasteiger partial charge in [0.05, 0.1) is 13.2 Å². The highest BCUT2D eigenvalue weighted by atomic mass is 31.2. The fourth-order valence-electron chi connectivity index (χ4n) is 3.67. The average Bonchev–Trinajstić information content (AvgIpc) is 2.75. The Balaban J connectivity index is 0. The molecule has 7 heteroatoms. The van der Waals surface area contributed by atoms with Crippen LogP contribution >= 0.6 is 7.82 Å². The zero-order valence-electron chi connectivity index (χ0n) is 22.5. The molecule has 202 valence electrons. The van der Waals surface area contributed by atoms with E-state index in [4.69, 9.17) is 14.9 Å². The molecule has 0 aromatic rings. The van der Waals surface area contributed by atoms with E-state index in [1.807, 2.05) is 0 Å². The van der Waals surface area contributed by atoms with Crippen molar-refractivity contribution >= 4 is 7.82 Å². The molecule has 33 heavy (non-hydrogen) atoms. The number of hydrogen-bond acceptors (Lipinski definition) is 4. The minimum Gasteiger partial charge on any atom is -0.395 e. The average molecular weight is 496 g/mol. The van der Waals surface area contributed by atoms with Gasteiger partial charge in [0.1, 0.15) is 0 Å². The molecule has 0 fully saturated rings. The van der Waals surface area contributed by atoms with E-state index in [2.05, 4.69) is 37.1 Å². The number of phosphoric acid groups is 1. The molecule has 0 aliphatic heterocycles. The molecule has 0 atom stereocenters. The highest BCUT2D eigenvalue weighted by Crippen LogP contribution is 2.35. The molecular formula is C26H58NO5P. The molecule has 0 rings (SSSR count). The summed E-state index contributed by atoms with van der Waals surface area (Å²) >= 11 is 0. The van der Waals surface area contributed by atoms with Crippen LogP contribution in [0.4, 0.5) is 0 Å². The van der Waals surface area contributed by atoms with E-state index in [0.29, 0.717) is 6.61 Å². The van der Waals surface area contributed by atoms with Crippen LogP contribution < -0.4 is 0 Å². The molecule has 3 N–H and O–H groups in total. The van der Waals surface area contributed by atoms with Crippen molar-refractivity contribution in [3.8, 4) is 0 Å². The van der Waals surface area contributed by atoms with E-state index < -0.39 is 7.82 Å². The molecule has 0 aliphatic carbocycles. The molecule has 0 heterocycles. The molecule has 0 amide bonds. The van der Waals surface area contributed by atoms with E-state index >= 15 is 0 Å². The van der Waals surface area contributed by atoms with Gasteiger partial charge in [0.25, 0.3) is 0 Å². The van der Waals surface area contributed by atoms with Crippen molar-refractivity contribution in [1.82, 2.24) is 4.90 Å². The summed E-state index contributed by atoms with van der Waals surface area (Å²) in [5, 5.41) is 8.79. The van der Waals surface area contributed by atoms with Gasteiger partial charge in [-0.2, -0.15) is 0 Å². The standard InChI is InChI=1S/C16H35O4P.C10H23NO/c1-16(2)14-12-10-8-6-4-3-5-7-9-11-13-15-20-21(17,18)19;1-3-5-7-11(9-10-12)8-6-4-2/h16H,3-15H2,1-2H3,(H2,17,18,19);12H,3-10H2,1-2H3. The molecule has 0 saturated heterocycles. The Kier molecular flexibility index (Phi) is 28.4. The summed E-state index contributed by atoms with van der Waals surface area (Å²) in [4.78, 5) is 19.4. The number of hydrogen-bond donors (Lipinski definition) is 3. The van der Waals surface area contributed by atoms with Crippen LogP contribution in [0, 0.1) is 5.92 Å². The molecule has 0 radical (unpaired) electrons. The summed E-state index contributed by atoms with van der Waals surface area (Å²) in [7, 11) is -4.25. The molecule has 6 nitrogen and oxygen atoms in total. The first-order chi connectivity index (χ1) is 15.8. The van der Waals surface area contributed by atoms with E-state index in [0.717, 1.165) is 44.8 Å². The van der Waals surface area contributed by atoms with Gasteiger partial charge in [0.2, 0.25) is 0 Å². The summed E-state index contributed by atoms with van der Waals surface area (Å²) in [6, 6.07) is 0. The molecule has 0 aromatic heterocycles. The Labute approximate surface area is 206 Å². The van der Waals surface area contributed by atoms with E-state index in [-0.39, 0.29) is 6.61 Å². The number of unbranched alkanes of at least 4 members (excludes halogenated alkanes) is 12. The molecule has 0 spiro atoms. The van der Waals surface area contributed by atoms with E-state index in [1.54, 1.807) is 0 Å². The van der Waals surface area contributed by atoms with E-state index in [1.165, 1.54) is 83.5 Å². The zero-order valence-corrected chi connectivity index (χ0v) is 23.4. The van der Waals surface area contributed by atoms with E-state index in [9.17, 15) is 4.57 Å². The summed E-state index contributed by atoms with van der Waals surface area (Å²) in [6.07, 6.45) is 19.9. The number of aliphatic hydroxyl groups excluding tert-OH is 1. The van der Waals surface area contributed by atoms with Crippen LogP contribution in [0.5, 0.6) is 0 Å². The van der Waals surface area contributed by atoms with Gasteiger partial charge < -0.3 is 19.8 Å². The number of rotatable bonds is 23. The number of phosphoric ester groups is 1. The fourth-order valence-corrected chi connectivity index (χ4v) is 4.04. The fraction of sp³-hybridized carbons (Fsp3) is 1.00. The summed E-state index contributed by atoms with van der Waals surface area (Å²) in [5.41, 5.74) is 0. The predicted octanol–water partition coefficient (Wildman–Crippen LogP) is 7.31. The van der Waals surface area contributed by atoms with Gasteiger partial charge in [-0.3, -0.25) is 4.52 Å². The first-order valence-corrected chi connectivity index (χ1v) is 15.3. The molecule has 0 saturated carbocycles. The molecule has 0 unspecified atom stereocenters. The Morgan fingerprint density at radius 1 is 0.697 bits per heavy atom. The monoisotopic (exact) mass is 495 g/mol. The van der Waals surface area contributed by atoms with Crippen LogP contribution in [0.15, 0.2) is 0 Å². The maximum Gasteiger partial charge on any atom is 0.469 e. The van der Waals surface area contributed by atoms with Crippen LogP contribution in [0.1, 0.15) is 130 Å². The van der Waals surface area contributed by atoms with Crippen molar-refractivity contribution in [3.05, 3.63) is 0 Å². The van der Waals surface area contributed by atoms with Crippen molar-refractivity contribution in [1.29, 1.82) is 0 Å². The topological polar surface area (TPSA) is 90.2 Å². The van der Waals surface area contributed by atoms with Gasteiger partial charge in [-0.15, -0.1) is 0 Å². The van der Waals surface area contributed by atoms with Gasteiger partial charge in [-0.25, -0.2) is 4.57 Å². The van der Waals surface area contributed by atoms with Crippen LogP contribution in [0.3, 0.4) is 0 Å². The van der Waals surface area contributed by atoms with Crippen molar-refractivity contribution in [2.24, 2.45) is 5.92 Å². The normalized spacial score (nSPS) is 11.8. The number of nitrogens with zero attached hydrogens (tertiary/aromatic N) is 1. The van der Waals surface area contributed by atoms with Crippen LogP contribution in [0.2, 0.25) is 0 Å². The Hall–Kier alpha value is 0.0300. The molecular weight excluding hydrogens is 437 g/mol. The zero-order chi connectivity index (χ0) is 25.2. The second kappa shape index (κ2) is 26.6. The predicted molar refractivity (Wildman–Crippen MR) is 142 cm³/mol. The summed E-state index contributed by atoms with van der Waals surface area (Å²) in [5.74, 6) is 0.845. The van der Waals surface area contributed by atoms with Gasteiger partial charge >= 0.3 is 7.82 Å². The highest BCUT2D eigenvalue weighted by molar-refractivity contribution is 7.46. The third-order valence-electron chi connectivity index (χ3n) is 5.76. The Morgan fingerprint density at radius 3 is 1.48 bits per heavy atom. The van der Waals surface area contributed by atoms with Gasteiger partial charge in [0.15, 0.2) is 0 Å². The van der Waals surface area contributed by atoms with Gasteiger partial charge in [-0.1, -0.05) is 111 Å². The third kappa shape index (κ3) is 34.3. The molecule has 0 aromatic carbocycles. The largest absolute Gasteiger partial charge is 0.469 e. The van der Waals surface area contributed by atoms with Gasteiger partial charge in [-0.05, 0) is 38.3 Å². The summed E-state index contributed by atoms with van der Waals surface area (Å²) in [6.45, 7) is 12.6. The minimum absolute atomic E-state index is 0.167. The van der Waals surface area contributed by atoms with Crippen molar-refractivity contribution in [2.75, 3.05) is 32.8 Å². The number of aliphatic hydroxyl groups is 1. The maximum atomic E-state index is 10.4. The lowest BCUT2D eigenvalue weighted by Gasteiger charge is -2.20. The molecule has 0 bridgehead atoms. The Morgan fingerprint density at radius 2 is 1.12 bits per heavy atom. The van der Waals surface area contributed by atoms with Crippen LogP contribution in [-0.2, 0) is 9.09 Å². The smallest absolute Gasteiger partial charge is 0.395 e. The van der Waals surface area contributed by atoms with Gasteiger partial charge in [0, 0.05) is 6.54 Å². The Bertz CT molecular complexity index is 409. The quantitative estimate of drug-likeness (QED) is 0.102. The lowest BCUT2D eigenvalue weighted by Crippen LogP contribution is -2.28. The first-order valence-electron chi connectivity index (χ1n) is 13.8. The SMILES string of the molecule is CC(C)CCCCCCCCCCCCCOP(=O)(O)O.CCCCN(CCO)CCCC.